The number of aliphatic imine (C=N–C) groups is 1. The SMILES string of the molecule is Cl.Cl.FC(F)(F)c1cccc2c1NCCN=C2/C=C/c1ccc(Cl)c(Cl)c1. The fourth-order valence-corrected chi connectivity index (χ4v) is 2.88. The van der Waals surface area contributed by atoms with Crippen LogP contribution in [0.25, 0.3) is 6.08 Å². The monoisotopic (exact) mass is 456 g/mol. The molecule has 0 amide bonds. The number of nitrogens with zero attached hydrogens (tertiary/aromatic N) is 1. The first-order chi connectivity index (χ1) is 11.9. The first-order valence-electron chi connectivity index (χ1n) is 7.48. The van der Waals surface area contributed by atoms with Crippen LogP contribution < -0.4 is 5.32 Å². The normalized spacial score (nSPS) is 13.6. The second kappa shape index (κ2) is 9.69. The van der Waals surface area contributed by atoms with Crippen LogP contribution in [0.2, 0.25) is 10.0 Å². The predicted molar refractivity (Wildman–Crippen MR) is 111 cm³/mol. The van der Waals surface area contributed by atoms with E-state index < -0.39 is 11.7 Å². The van der Waals surface area contributed by atoms with Crippen LogP contribution in [-0.2, 0) is 6.18 Å². The molecule has 0 saturated carbocycles. The van der Waals surface area contributed by atoms with Crippen molar-refractivity contribution in [3.8, 4) is 0 Å². The zero-order valence-electron chi connectivity index (χ0n) is 13.7. The van der Waals surface area contributed by atoms with Crippen molar-refractivity contribution >= 4 is 65.5 Å². The third-order valence-electron chi connectivity index (χ3n) is 3.72. The molecule has 0 spiro atoms. The number of halogens is 7. The Hall–Kier alpha value is -1.40. The van der Waals surface area contributed by atoms with Gasteiger partial charge >= 0.3 is 6.18 Å². The van der Waals surface area contributed by atoms with Crippen molar-refractivity contribution in [2.75, 3.05) is 18.4 Å². The van der Waals surface area contributed by atoms with Crippen LogP contribution >= 0.6 is 48.0 Å². The van der Waals surface area contributed by atoms with Crippen molar-refractivity contribution < 1.29 is 13.2 Å². The highest BCUT2D eigenvalue weighted by Gasteiger charge is 2.35. The number of anilines is 1. The molecule has 1 N–H and O–H groups in total. The summed E-state index contributed by atoms with van der Waals surface area (Å²) in [6, 6.07) is 9.20. The van der Waals surface area contributed by atoms with Gasteiger partial charge in [0.2, 0.25) is 0 Å². The zero-order chi connectivity index (χ0) is 18.0. The molecule has 0 aliphatic carbocycles. The van der Waals surface area contributed by atoms with Crippen molar-refractivity contribution in [3.63, 3.8) is 0 Å². The summed E-state index contributed by atoms with van der Waals surface area (Å²) in [4.78, 5) is 4.38. The third kappa shape index (κ3) is 5.55. The summed E-state index contributed by atoms with van der Waals surface area (Å²) < 4.78 is 39.7. The van der Waals surface area contributed by atoms with E-state index in [-0.39, 0.29) is 30.5 Å². The van der Waals surface area contributed by atoms with Crippen LogP contribution in [0.3, 0.4) is 0 Å². The second-order valence-electron chi connectivity index (χ2n) is 5.43. The molecule has 3 rings (SSSR count). The molecule has 0 aromatic heterocycles. The Morgan fingerprint density at radius 1 is 1.00 bits per heavy atom. The Labute approximate surface area is 177 Å². The topological polar surface area (TPSA) is 24.4 Å². The minimum Gasteiger partial charge on any atom is -0.382 e. The van der Waals surface area contributed by atoms with E-state index in [1.807, 2.05) is 0 Å². The number of para-hydroxylation sites is 1. The largest absolute Gasteiger partial charge is 0.418 e. The highest BCUT2D eigenvalue weighted by molar-refractivity contribution is 6.42. The van der Waals surface area contributed by atoms with E-state index in [9.17, 15) is 13.2 Å². The molecule has 0 unspecified atom stereocenters. The maximum absolute atomic E-state index is 13.2. The average molecular weight is 458 g/mol. The summed E-state index contributed by atoms with van der Waals surface area (Å²) in [7, 11) is 0. The van der Waals surface area contributed by atoms with Gasteiger partial charge in [0.25, 0.3) is 0 Å². The molecular formula is C18H15Cl4F3N2. The van der Waals surface area contributed by atoms with Gasteiger partial charge in [-0.05, 0) is 29.8 Å². The molecule has 1 heterocycles. The number of benzene rings is 2. The van der Waals surface area contributed by atoms with Crippen molar-refractivity contribution in [1.29, 1.82) is 0 Å². The lowest BCUT2D eigenvalue weighted by Crippen LogP contribution is -2.13. The molecule has 2 aromatic carbocycles. The molecule has 0 radical (unpaired) electrons. The number of nitrogens with one attached hydrogen (secondary N) is 1. The van der Waals surface area contributed by atoms with E-state index >= 15 is 0 Å². The minimum atomic E-state index is -4.43. The summed E-state index contributed by atoms with van der Waals surface area (Å²) in [5.74, 6) is 0. The zero-order valence-corrected chi connectivity index (χ0v) is 16.8. The van der Waals surface area contributed by atoms with Crippen LogP contribution in [0.4, 0.5) is 18.9 Å². The van der Waals surface area contributed by atoms with Crippen LogP contribution in [0, 0.1) is 0 Å². The van der Waals surface area contributed by atoms with Crippen molar-refractivity contribution in [2.24, 2.45) is 4.99 Å². The molecule has 0 atom stereocenters. The second-order valence-corrected chi connectivity index (χ2v) is 6.24. The minimum absolute atomic E-state index is 0. The molecule has 0 bridgehead atoms. The summed E-state index contributed by atoms with van der Waals surface area (Å²) in [5.41, 5.74) is 1.05. The molecule has 1 aliphatic heterocycles. The van der Waals surface area contributed by atoms with Crippen molar-refractivity contribution in [3.05, 3.63) is 69.2 Å². The molecule has 2 nitrogen and oxygen atoms in total. The number of rotatable bonds is 2. The van der Waals surface area contributed by atoms with Crippen LogP contribution in [0.15, 0.2) is 47.5 Å². The predicted octanol–water partition coefficient (Wildman–Crippen LogP) is 6.78. The Morgan fingerprint density at radius 2 is 1.74 bits per heavy atom. The maximum atomic E-state index is 13.2. The van der Waals surface area contributed by atoms with E-state index in [0.29, 0.717) is 34.4 Å². The van der Waals surface area contributed by atoms with E-state index in [2.05, 4.69) is 10.3 Å². The summed E-state index contributed by atoms with van der Waals surface area (Å²) in [5, 5.41) is 3.69. The van der Waals surface area contributed by atoms with Gasteiger partial charge in [0, 0.05) is 12.1 Å². The van der Waals surface area contributed by atoms with Gasteiger partial charge in [-0.15, -0.1) is 24.8 Å². The number of hydrogen-bond acceptors (Lipinski definition) is 2. The van der Waals surface area contributed by atoms with Crippen LogP contribution in [0.5, 0.6) is 0 Å². The van der Waals surface area contributed by atoms with Gasteiger partial charge < -0.3 is 5.32 Å². The van der Waals surface area contributed by atoms with E-state index in [0.717, 1.165) is 11.6 Å². The molecule has 2 aromatic rings. The molecule has 0 saturated heterocycles. The maximum Gasteiger partial charge on any atom is 0.418 e. The Bertz CT molecular complexity index is 864. The molecule has 0 fully saturated rings. The number of benzodiazepines with no additional fused rings is 1. The lowest BCUT2D eigenvalue weighted by molar-refractivity contribution is -0.136. The van der Waals surface area contributed by atoms with Gasteiger partial charge in [0.15, 0.2) is 0 Å². The lowest BCUT2D eigenvalue weighted by atomic mass is 10.0. The third-order valence-corrected chi connectivity index (χ3v) is 4.46. The first-order valence-corrected chi connectivity index (χ1v) is 8.24. The quantitative estimate of drug-likeness (QED) is 0.527. The lowest BCUT2D eigenvalue weighted by Gasteiger charge is -2.16. The number of alkyl halides is 3. The summed E-state index contributed by atoms with van der Waals surface area (Å²) >= 11 is 11.9. The smallest absolute Gasteiger partial charge is 0.382 e. The van der Waals surface area contributed by atoms with Gasteiger partial charge in [-0.2, -0.15) is 13.2 Å². The molecule has 1 aliphatic rings. The Morgan fingerprint density at radius 3 is 2.41 bits per heavy atom. The number of hydrogen-bond donors (Lipinski definition) is 1. The molecular weight excluding hydrogens is 443 g/mol. The van der Waals surface area contributed by atoms with Crippen molar-refractivity contribution in [2.45, 2.75) is 6.18 Å². The fraction of sp³-hybridized carbons (Fsp3) is 0.167. The van der Waals surface area contributed by atoms with Gasteiger partial charge in [0.1, 0.15) is 0 Å². The first kappa shape index (κ1) is 23.6. The number of allylic oxidation sites excluding steroid dienone is 1. The molecule has 146 valence electrons. The fourth-order valence-electron chi connectivity index (χ4n) is 2.57. The van der Waals surface area contributed by atoms with E-state index in [4.69, 9.17) is 23.2 Å². The molecule has 9 heteroatoms. The van der Waals surface area contributed by atoms with Gasteiger partial charge in [0.05, 0.1) is 33.6 Å². The van der Waals surface area contributed by atoms with Gasteiger partial charge in [-0.3, -0.25) is 4.99 Å². The van der Waals surface area contributed by atoms with Crippen molar-refractivity contribution in [1.82, 2.24) is 0 Å². The van der Waals surface area contributed by atoms with Crippen LogP contribution in [-0.4, -0.2) is 18.8 Å². The Kier molecular flexibility index (Phi) is 8.48. The summed E-state index contributed by atoms with van der Waals surface area (Å²) in [6.45, 7) is 0.719. The average Bonchev–Trinajstić information content (AvgIpc) is 2.77. The standard InChI is InChI=1S/C18H13Cl2F3N2.2ClH/c19-14-6-4-11(10-15(14)20)5-7-16-12-2-1-3-13(18(21,22)23)17(12)25-9-8-24-16;;/h1-7,10,25H,8-9H2;2*1H/b7-5+;;. The van der Waals surface area contributed by atoms with E-state index in [1.54, 1.807) is 36.4 Å². The van der Waals surface area contributed by atoms with Gasteiger partial charge in [-0.25, -0.2) is 0 Å². The van der Waals surface area contributed by atoms with Gasteiger partial charge in [-0.1, -0.05) is 47.5 Å². The summed E-state index contributed by atoms with van der Waals surface area (Å²) in [6.07, 6.45) is -0.997. The highest BCUT2D eigenvalue weighted by Crippen LogP contribution is 2.37. The van der Waals surface area contributed by atoms with Crippen LogP contribution in [0.1, 0.15) is 16.7 Å². The molecule has 27 heavy (non-hydrogen) atoms. The van der Waals surface area contributed by atoms with E-state index in [1.165, 1.54) is 6.07 Å². The highest BCUT2D eigenvalue weighted by atomic mass is 35.5. The number of fused-ring (bicyclic) bond motifs is 1. The Balaban J connectivity index is 0.00000182.